The first-order valence-corrected chi connectivity index (χ1v) is 24.4. The van der Waals surface area contributed by atoms with Gasteiger partial charge in [0.05, 0.1) is 0 Å². The van der Waals surface area contributed by atoms with Crippen LogP contribution in [0.15, 0.2) is 200 Å². The second kappa shape index (κ2) is 12.7. The normalized spacial score (nSPS) is 13.1. The maximum atomic E-state index is 5.67. The van der Waals surface area contributed by atoms with Crippen molar-refractivity contribution in [2.45, 2.75) is 0 Å². The summed E-state index contributed by atoms with van der Waals surface area (Å²) in [6.07, 6.45) is 0. The number of thiophene rings is 1. The zero-order valence-electron chi connectivity index (χ0n) is 30.8. The van der Waals surface area contributed by atoms with Crippen LogP contribution in [-0.4, -0.2) is 27.8 Å². The Hall–Kier alpha value is -6.60. The number of hydrogen-bond donors (Lipinski definition) is 0. The standard InChI is InChI=1S/C52H33GeN3S/c1-4-16-35(17-5-1)52-54-48(47-43-24-10-13-25-44(43)53(51(47)55-52,36-18-6-2-7-19-36)37-20-8-3-9-21-37)34-28-30-38(31-29-34)56-45-26-14-11-22-39(45)41-32-33-42-40-23-12-15-27-46(40)57-50(42)49(41)56/h1-33H. The van der Waals surface area contributed by atoms with E-state index in [1.807, 2.05) is 11.3 Å². The Morgan fingerprint density at radius 2 is 1.07 bits per heavy atom. The molecule has 0 amide bonds. The zero-order valence-corrected chi connectivity index (χ0v) is 33.7. The van der Waals surface area contributed by atoms with Crippen LogP contribution in [-0.2, 0) is 0 Å². The van der Waals surface area contributed by atoms with E-state index in [1.54, 1.807) is 0 Å². The van der Waals surface area contributed by atoms with Gasteiger partial charge < -0.3 is 0 Å². The maximum absolute atomic E-state index is 5.67. The van der Waals surface area contributed by atoms with Crippen molar-refractivity contribution < 1.29 is 0 Å². The monoisotopic (exact) mass is 805 g/mol. The summed E-state index contributed by atoms with van der Waals surface area (Å²) in [4.78, 5) is 11.2. The third-order valence-corrected chi connectivity index (χ3v) is 23.0. The van der Waals surface area contributed by atoms with Crippen molar-refractivity contribution in [2.75, 3.05) is 0 Å². The van der Waals surface area contributed by atoms with Crippen molar-refractivity contribution in [2.24, 2.45) is 0 Å². The second-order valence-electron chi connectivity index (χ2n) is 14.8. The predicted molar refractivity (Wildman–Crippen MR) is 243 cm³/mol. The molecule has 0 unspecified atom stereocenters. The van der Waals surface area contributed by atoms with E-state index >= 15 is 0 Å². The zero-order chi connectivity index (χ0) is 37.5. The van der Waals surface area contributed by atoms with E-state index in [-0.39, 0.29) is 0 Å². The molecule has 5 heteroatoms. The molecule has 8 aromatic carbocycles. The Morgan fingerprint density at radius 3 is 1.82 bits per heavy atom. The topological polar surface area (TPSA) is 30.7 Å². The molecule has 0 bridgehead atoms. The van der Waals surface area contributed by atoms with Crippen molar-refractivity contribution in [1.29, 1.82) is 0 Å². The van der Waals surface area contributed by atoms with E-state index in [1.165, 1.54) is 65.3 Å². The first-order valence-electron chi connectivity index (χ1n) is 19.4. The Labute approximate surface area is 336 Å². The van der Waals surface area contributed by atoms with Crippen molar-refractivity contribution in [3.8, 4) is 39.5 Å². The molecule has 0 radical (unpaired) electrons. The van der Waals surface area contributed by atoms with Crippen LogP contribution in [0.3, 0.4) is 0 Å². The molecule has 57 heavy (non-hydrogen) atoms. The molecule has 0 saturated carbocycles. The molecule has 0 atom stereocenters. The Morgan fingerprint density at radius 1 is 0.456 bits per heavy atom. The van der Waals surface area contributed by atoms with E-state index in [0.717, 1.165) is 33.9 Å². The van der Waals surface area contributed by atoms with Gasteiger partial charge in [0, 0.05) is 0 Å². The number of benzene rings is 8. The van der Waals surface area contributed by atoms with Gasteiger partial charge in [-0.05, 0) is 6.07 Å². The average molecular weight is 805 g/mol. The van der Waals surface area contributed by atoms with Gasteiger partial charge in [0.15, 0.2) is 0 Å². The number of hydrogen-bond acceptors (Lipinski definition) is 3. The summed E-state index contributed by atoms with van der Waals surface area (Å²) < 4.78 is 10.4. The molecule has 0 spiro atoms. The molecule has 266 valence electrons. The van der Waals surface area contributed by atoms with Gasteiger partial charge in [-0.2, -0.15) is 0 Å². The van der Waals surface area contributed by atoms with E-state index < -0.39 is 13.3 Å². The molecule has 3 nitrogen and oxygen atoms in total. The Bertz CT molecular complexity index is 3300. The molecular weight excluding hydrogens is 771 g/mol. The summed E-state index contributed by atoms with van der Waals surface area (Å²) in [5, 5.41) is 5.15. The molecule has 0 N–H and O–H groups in total. The van der Waals surface area contributed by atoms with Crippen LogP contribution in [0.2, 0.25) is 0 Å². The molecule has 0 aliphatic carbocycles. The van der Waals surface area contributed by atoms with Crippen LogP contribution in [0.5, 0.6) is 0 Å². The summed E-state index contributed by atoms with van der Waals surface area (Å²) >= 11 is -1.76. The fourth-order valence-electron chi connectivity index (χ4n) is 9.46. The van der Waals surface area contributed by atoms with Crippen LogP contribution in [0.25, 0.3) is 81.4 Å². The van der Waals surface area contributed by atoms with Crippen molar-refractivity contribution in [1.82, 2.24) is 14.5 Å². The number of fused-ring (bicyclic) bond motifs is 10. The first-order chi connectivity index (χ1) is 28.3. The molecule has 3 aromatic heterocycles. The minimum atomic E-state index is -3.64. The summed E-state index contributed by atoms with van der Waals surface area (Å²) in [5.74, 6) is 0.762. The Balaban J connectivity index is 1.13. The van der Waals surface area contributed by atoms with E-state index in [4.69, 9.17) is 9.97 Å². The van der Waals surface area contributed by atoms with Crippen LogP contribution in [0.1, 0.15) is 0 Å². The van der Waals surface area contributed by atoms with Gasteiger partial charge in [-0.15, -0.1) is 0 Å². The van der Waals surface area contributed by atoms with Crippen LogP contribution in [0.4, 0.5) is 0 Å². The summed E-state index contributed by atoms with van der Waals surface area (Å²) in [6.45, 7) is 0. The number of rotatable bonds is 5. The van der Waals surface area contributed by atoms with Gasteiger partial charge >= 0.3 is 314 Å². The van der Waals surface area contributed by atoms with Crippen molar-refractivity contribution >= 4 is 84.3 Å². The molecule has 4 heterocycles. The van der Waals surface area contributed by atoms with Gasteiger partial charge in [-0.25, -0.2) is 0 Å². The fourth-order valence-corrected chi connectivity index (χ4v) is 21.2. The van der Waals surface area contributed by atoms with Crippen molar-refractivity contribution in [3.63, 3.8) is 0 Å². The summed E-state index contributed by atoms with van der Waals surface area (Å²) in [5.41, 5.74) is 9.08. The quantitative estimate of drug-likeness (QED) is 0.162. The van der Waals surface area contributed by atoms with Crippen LogP contribution in [0, 0.1) is 0 Å². The van der Waals surface area contributed by atoms with Crippen LogP contribution < -0.4 is 17.7 Å². The first kappa shape index (κ1) is 32.6. The third kappa shape index (κ3) is 4.72. The SMILES string of the molecule is c1ccc(-c2nc(-c3ccc(-n4c5ccccc5c5ccc6c7ccccc7sc6c54)cc3)c3[c](n2)[Ge]([c]2ccccc2)([c]2ccccc2)[c]2ccccc2-3)cc1. The van der Waals surface area contributed by atoms with Gasteiger partial charge in [0.2, 0.25) is 0 Å². The fraction of sp³-hybridized carbons (Fsp3) is 0. The molecule has 1 aliphatic heterocycles. The number of nitrogens with zero attached hydrogens (tertiary/aromatic N) is 3. The van der Waals surface area contributed by atoms with Gasteiger partial charge in [-0.1, -0.05) is 18.2 Å². The molecule has 0 fully saturated rings. The van der Waals surface area contributed by atoms with Crippen molar-refractivity contribution in [3.05, 3.63) is 200 Å². The molecule has 1 aliphatic rings. The van der Waals surface area contributed by atoms with E-state index in [9.17, 15) is 0 Å². The molecular formula is C52H33GeN3S. The summed E-state index contributed by atoms with van der Waals surface area (Å²) in [7, 11) is 0. The second-order valence-corrected chi connectivity index (χ2v) is 23.6. The minimum absolute atomic E-state index is 0.762. The number of para-hydroxylation sites is 1. The molecule has 12 rings (SSSR count). The van der Waals surface area contributed by atoms with Gasteiger partial charge in [0.1, 0.15) is 0 Å². The van der Waals surface area contributed by atoms with E-state index in [2.05, 4.69) is 205 Å². The van der Waals surface area contributed by atoms with Crippen LogP contribution >= 0.6 is 11.3 Å². The van der Waals surface area contributed by atoms with Gasteiger partial charge in [-0.3, -0.25) is 0 Å². The van der Waals surface area contributed by atoms with Gasteiger partial charge in [0.25, 0.3) is 0 Å². The number of aromatic nitrogens is 3. The third-order valence-electron chi connectivity index (χ3n) is 11.9. The summed E-state index contributed by atoms with van der Waals surface area (Å²) in [6, 6.07) is 73.2. The van der Waals surface area contributed by atoms with E-state index in [0.29, 0.717) is 0 Å². The average Bonchev–Trinajstić information content (AvgIpc) is 3.94. The predicted octanol–water partition coefficient (Wildman–Crippen LogP) is 10.6. The molecule has 11 aromatic rings. The molecule has 0 saturated heterocycles. The Kier molecular flexibility index (Phi) is 7.28.